The van der Waals surface area contributed by atoms with Crippen molar-refractivity contribution < 1.29 is 14.6 Å². The molecular formula is C40H46ClN3O3S. The van der Waals surface area contributed by atoms with Crippen LogP contribution in [-0.2, 0) is 11.2 Å². The van der Waals surface area contributed by atoms with Gasteiger partial charge >= 0.3 is 0 Å². The number of nitrogens with zero attached hydrogens (tertiary/aromatic N) is 3. The van der Waals surface area contributed by atoms with E-state index in [2.05, 4.69) is 93.9 Å². The number of carbonyl (C=O) groups is 1. The van der Waals surface area contributed by atoms with Crippen LogP contribution in [0.15, 0.2) is 95.9 Å². The summed E-state index contributed by atoms with van der Waals surface area (Å²) in [6, 6.07) is 29.7. The van der Waals surface area contributed by atoms with Crippen molar-refractivity contribution in [3.05, 3.63) is 134 Å². The molecule has 4 aromatic rings. The smallest absolute Gasteiger partial charge is 0.177 e. The van der Waals surface area contributed by atoms with Crippen LogP contribution in [0.5, 0.6) is 0 Å². The molecule has 0 saturated carbocycles. The number of Topliss-reactive ketones (excluding diaryl/α,β-unsaturated/α-hetero) is 1. The summed E-state index contributed by atoms with van der Waals surface area (Å²) in [5.41, 5.74) is 9.06. The second-order valence-corrected chi connectivity index (χ2v) is 14.1. The Balaban J connectivity index is 0.000000169. The minimum absolute atomic E-state index is 0.0909. The van der Waals surface area contributed by atoms with E-state index in [9.17, 15) is 4.79 Å². The highest BCUT2D eigenvalue weighted by atomic mass is 35.5. The first-order valence-corrected chi connectivity index (χ1v) is 18.3. The Bertz CT molecular complexity index is 1650. The minimum atomic E-state index is 0.0909. The van der Waals surface area contributed by atoms with E-state index < -0.39 is 0 Å². The van der Waals surface area contributed by atoms with Gasteiger partial charge in [0.05, 0.1) is 30.7 Å². The van der Waals surface area contributed by atoms with Gasteiger partial charge in [0.1, 0.15) is 0 Å². The fourth-order valence-electron chi connectivity index (χ4n) is 7.06. The molecule has 3 heterocycles. The highest BCUT2D eigenvalue weighted by Crippen LogP contribution is 2.40. The zero-order valence-corrected chi connectivity index (χ0v) is 29.4. The zero-order chi connectivity index (χ0) is 33.3. The lowest BCUT2D eigenvalue weighted by Gasteiger charge is -2.39. The van der Waals surface area contributed by atoms with Crippen LogP contribution in [0.2, 0.25) is 5.02 Å². The van der Waals surface area contributed by atoms with E-state index >= 15 is 0 Å². The number of fused-ring (bicyclic) bond motifs is 2. The average molecular weight is 684 g/mol. The van der Waals surface area contributed by atoms with Crippen molar-refractivity contribution in [2.75, 3.05) is 72.7 Å². The number of halogens is 1. The number of hydrogen-bond acceptors (Lipinski definition) is 7. The van der Waals surface area contributed by atoms with Gasteiger partial charge in [-0.05, 0) is 71.3 Å². The number of piperazine rings is 1. The largest absolute Gasteiger partial charge is 0.394 e. The number of benzene rings is 3. The first-order valence-electron chi connectivity index (χ1n) is 17.1. The van der Waals surface area contributed by atoms with Gasteiger partial charge < -0.3 is 14.7 Å². The summed E-state index contributed by atoms with van der Waals surface area (Å²) in [5, 5.41) is 11.6. The van der Waals surface area contributed by atoms with Crippen LogP contribution in [0.1, 0.15) is 56.4 Å². The summed E-state index contributed by atoms with van der Waals surface area (Å²) in [4.78, 5) is 20.9. The molecular weight excluding hydrogens is 638 g/mol. The Morgan fingerprint density at radius 3 is 2.23 bits per heavy atom. The van der Waals surface area contributed by atoms with Crippen LogP contribution in [0.3, 0.4) is 0 Å². The van der Waals surface area contributed by atoms with Gasteiger partial charge in [-0.25, -0.2) is 0 Å². The van der Waals surface area contributed by atoms with Crippen LogP contribution in [-0.4, -0.2) is 98.3 Å². The number of likely N-dealkylation sites (tertiary alicyclic amines) is 1. The van der Waals surface area contributed by atoms with E-state index in [0.717, 1.165) is 68.6 Å². The summed E-state index contributed by atoms with van der Waals surface area (Å²) in [6.07, 6.45) is 2.73. The zero-order valence-electron chi connectivity index (χ0n) is 27.8. The lowest BCUT2D eigenvalue weighted by Crippen LogP contribution is -2.48. The summed E-state index contributed by atoms with van der Waals surface area (Å²) in [7, 11) is 2.18. The van der Waals surface area contributed by atoms with Gasteiger partial charge in [-0.15, -0.1) is 11.3 Å². The standard InChI is InChI=1S/C21H27ClN2O2.C19H19NOS/c22-20-8-6-19(7-9-20)21(18-4-2-1-3-5-18)24-12-10-23(11-13-24)14-16-26-17-15-25;1-20-9-6-13(7-10-20)18-15-5-3-2-4-14(15)12-17(21)19-16(18)8-11-22-19/h1-9,21,25H,10-17H2;2-5,8,11H,6-7,9-10,12H2,1H3. The molecule has 6 nitrogen and oxygen atoms in total. The van der Waals surface area contributed by atoms with E-state index in [1.807, 2.05) is 18.2 Å². The number of aliphatic hydroxyl groups is 1. The van der Waals surface area contributed by atoms with Crippen molar-refractivity contribution >= 4 is 34.3 Å². The fraction of sp³-hybridized carbons (Fsp3) is 0.375. The maximum absolute atomic E-state index is 12.6. The fourth-order valence-corrected chi connectivity index (χ4v) is 8.02. The van der Waals surface area contributed by atoms with Crippen molar-refractivity contribution in [3.8, 4) is 0 Å². The maximum atomic E-state index is 12.6. The van der Waals surface area contributed by atoms with E-state index in [1.165, 1.54) is 39.0 Å². The molecule has 1 atom stereocenters. The highest BCUT2D eigenvalue weighted by Gasteiger charge is 2.28. The lowest BCUT2D eigenvalue weighted by atomic mass is 9.88. The van der Waals surface area contributed by atoms with Crippen molar-refractivity contribution in [1.29, 1.82) is 0 Å². The van der Waals surface area contributed by atoms with E-state index in [4.69, 9.17) is 21.4 Å². The first kappa shape index (κ1) is 34.7. The molecule has 1 unspecified atom stereocenters. The quantitative estimate of drug-likeness (QED) is 0.201. The van der Waals surface area contributed by atoms with Crippen molar-refractivity contribution in [2.24, 2.45) is 0 Å². The summed E-state index contributed by atoms with van der Waals surface area (Å²) >= 11 is 7.68. The molecule has 0 amide bonds. The lowest BCUT2D eigenvalue weighted by molar-refractivity contribution is 0.0522. The Morgan fingerprint density at radius 1 is 0.812 bits per heavy atom. The Morgan fingerprint density at radius 2 is 1.50 bits per heavy atom. The molecule has 0 spiro atoms. The van der Waals surface area contributed by atoms with Crippen LogP contribution >= 0.6 is 22.9 Å². The molecule has 3 aromatic carbocycles. The first-order chi connectivity index (χ1) is 23.5. The SMILES string of the molecule is CN1CCC(=C2c3ccccc3CC(=O)c3sccc32)CC1.OCCOCCN1CCN(C(c2ccccc2)c2ccc(Cl)cc2)CC1. The molecule has 1 N–H and O–H groups in total. The predicted molar refractivity (Wildman–Crippen MR) is 197 cm³/mol. The van der Waals surface area contributed by atoms with E-state index in [-0.39, 0.29) is 18.4 Å². The normalized spacial score (nSPS) is 18.0. The second kappa shape index (κ2) is 17.0. The van der Waals surface area contributed by atoms with Gasteiger partial charge in [0.25, 0.3) is 0 Å². The number of rotatable bonds is 8. The van der Waals surface area contributed by atoms with Crippen molar-refractivity contribution in [3.63, 3.8) is 0 Å². The van der Waals surface area contributed by atoms with Gasteiger partial charge in [-0.1, -0.05) is 83.9 Å². The van der Waals surface area contributed by atoms with Crippen molar-refractivity contribution in [2.45, 2.75) is 25.3 Å². The second-order valence-electron chi connectivity index (χ2n) is 12.8. The number of aliphatic hydroxyl groups excluding tert-OH is 1. The van der Waals surface area contributed by atoms with Crippen LogP contribution < -0.4 is 0 Å². The maximum Gasteiger partial charge on any atom is 0.177 e. The molecule has 48 heavy (non-hydrogen) atoms. The van der Waals surface area contributed by atoms with E-state index in [0.29, 0.717) is 19.6 Å². The highest BCUT2D eigenvalue weighted by molar-refractivity contribution is 7.12. The van der Waals surface area contributed by atoms with Crippen molar-refractivity contribution in [1.82, 2.24) is 14.7 Å². The third kappa shape index (κ3) is 8.52. The molecule has 1 aromatic heterocycles. The number of carbonyl (C=O) groups excluding carboxylic acids is 1. The van der Waals surface area contributed by atoms with Crippen LogP contribution in [0.25, 0.3) is 5.57 Å². The average Bonchev–Trinajstić information content (AvgIpc) is 3.56. The predicted octanol–water partition coefficient (Wildman–Crippen LogP) is 7.07. The summed E-state index contributed by atoms with van der Waals surface area (Å²) in [6.45, 7) is 8.41. The van der Waals surface area contributed by atoms with Crippen LogP contribution in [0, 0.1) is 0 Å². The molecule has 1 aliphatic carbocycles. The Hall–Kier alpha value is -3.14. The molecule has 2 saturated heterocycles. The topological polar surface area (TPSA) is 56.3 Å². The Kier molecular flexibility index (Phi) is 12.3. The Labute approximate surface area is 294 Å². The van der Waals surface area contributed by atoms with Gasteiger partial charge in [-0.3, -0.25) is 14.6 Å². The van der Waals surface area contributed by atoms with Gasteiger partial charge in [0.2, 0.25) is 0 Å². The molecule has 0 bridgehead atoms. The summed E-state index contributed by atoms with van der Waals surface area (Å²) < 4.78 is 5.39. The number of ketones is 1. The number of piperidine rings is 1. The number of hydrogen-bond donors (Lipinski definition) is 1. The summed E-state index contributed by atoms with van der Waals surface area (Å²) in [5.74, 6) is 0.265. The van der Waals surface area contributed by atoms with Crippen LogP contribution in [0.4, 0.5) is 0 Å². The number of ether oxygens (including phenoxy) is 1. The molecule has 0 radical (unpaired) electrons. The van der Waals surface area contributed by atoms with Gasteiger partial charge in [-0.2, -0.15) is 0 Å². The minimum Gasteiger partial charge on any atom is -0.394 e. The number of thiophene rings is 1. The molecule has 252 valence electrons. The van der Waals surface area contributed by atoms with Gasteiger partial charge in [0, 0.05) is 62.8 Å². The molecule has 8 heteroatoms. The monoisotopic (exact) mass is 683 g/mol. The molecule has 2 aliphatic heterocycles. The van der Waals surface area contributed by atoms with E-state index in [1.54, 1.807) is 11.3 Å². The molecule has 3 aliphatic rings. The molecule has 2 fully saturated rings. The molecule has 7 rings (SSSR count). The third-order valence-electron chi connectivity index (χ3n) is 9.63. The van der Waals surface area contributed by atoms with Gasteiger partial charge in [0.15, 0.2) is 5.78 Å². The third-order valence-corrected chi connectivity index (χ3v) is 10.8.